The van der Waals surface area contributed by atoms with Crippen LogP contribution in [0.25, 0.3) is 11.0 Å². The van der Waals surface area contributed by atoms with E-state index in [1.165, 1.54) is 12.2 Å². The van der Waals surface area contributed by atoms with Crippen molar-refractivity contribution < 1.29 is 14.0 Å². The molecule has 0 aliphatic carbocycles. The fourth-order valence-corrected chi connectivity index (χ4v) is 1.75. The summed E-state index contributed by atoms with van der Waals surface area (Å²) in [7, 11) is 3.08. The van der Waals surface area contributed by atoms with E-state index in [-0.39, 0.29) is 5.91 Å². The molecule has 0 atom stereocenters. The van der Waals surface area contributed by atoms with Gasteiger partial charge in [0.2, 0.25) is 5.91 Å². The largest absolute Gasteiger partial charge is 0.464 e. The minimum absolute atomic E-state index is 0.0453. The van der Waals surface area contributed by atoms with Crippen molar-refractivity contribution in [3.8, 4) is 0 Å². The lowest BCUT2D eigenvalue weighted by Gasteiger charge is -2.13. The van der Waals surface area contributed by atoms with E-state index >= 15 is 0 Å². The van der Waals surface area contributed by atoms with Crippen LogP contribution in [0.1, 0.15) is 12.0 Å². The van der Waals surface area contributed by atoms with Gasteiger partial charge in [0.05, 0.1) is 13.4 Å². The summed E-state index contributed by atoms with van der Waals surface area (Å²) in [6, 6.07) is 7.86. The number of carbonyl (C=O) groups excluding carboxylic acids is 1. The molecule has 0 saturated heterocycles. The standard InChI is InChI=1S/C13H15NO3/c1-14(16-2)12(15)7-6-10-4-3-5-11-8-9-17-13(10)11/h3-5,8-9H,6-7H2,1-2H3. The van der Waals surface area contributed by atoms with Crippen LogP contribution >= 0.6 is 0 Å². The van der Waals surface area contributed by atoms with Gasteiger partial charge >= 0.3 is 0 Å². The molecular weight excluding hydrogens is 218 g/mol. The number of amides is 1. The summed E-state index contributed by atoms with van der Waals surface area (Å²) in [4.78, 5) is 16.4. The first-order valence-corrected chi connectivity index (χ1v) is 5.48. The van der Waals surface area contributed by atoms with Crippen LogP contribution in [-0.4, -0.2) is 25.1 Å². The Hall–Kier alpha value is -1.81. The molecule has 0 N–H and O–H groups in total. The van der Waals surface area contributed by atoms with Crippen LogP contribution in [0.15, 0.2) is 34.9 Å². The summed E-state index contributed by atoms with van der Waals surface area (Å²) >= 11 is 0. The van der Waals surface area contributed by atoms with Crippen molar-refractivity contribution in [3.05, 3.63) is 36.1 Å². The molecule has 0 spiro atoms. The first kappa shape index (κ1) is 11.7. The molecule has 2 aromatic rings. The molecule has 1 amide bonds. The average molecular weight is 233 g/mol. The maximum absolute atomic E-state index is 11.6. The molecule has 0 unspecified atom stereocenters. The van der Waals surface area contributed by atoms with E-state index in [0.717, 1.165) is 16.5 Å². The molecule has 0 aliphatic heterocycles. The van der Waals surface area contributed by atoms with Gasteiger partial charge in [0.25, 0.3) is 0 Å². The number of para-hydroxylation sites is 1. The topological polar surface area (TPSA) is 42.7 Å². The van der Waals surface area contributed by atoms with Gasteiger partial charge in [0.15, 0.2) is 0 Å². The molecule has 0 aliphatic rings. The van der Waals surface area contributed by atoms with Gasteiger partial charge in [0, 0.05) is 18.9 Å². The monoisotopic (exact) mass is 233 g/mol. The van der Waals surface area contributed by atoms with E-state index in [0.29, 0.717) is 12.8 Å². The average Bonchev–Trinajstić information content (AvgIpc) is 2.83. The first-order valence-electron chi connectivity index (χ1n) is 5.48. The molecule has 17 heavy (non-hydrogen) atoms. The molecule has 90 valence electrons. The Morgan fingerprint density at radius 1 is 1.41 bits per heavy atom. The Morgan fingerprint density at radius 3 is 3.00 bits per heavy atom. The number of hydrogen-bond acceptors (Lipinski definition) is 3. The third-order valence-corrected chi connectivity index (χ3v) is 2.79. The highest BCUT2D eigenvalue weighted by atomic mass is 16.7. The quantitative estimate of drug-likeness (QED) is 0.761. The molecule has 0 saturated carbocycles. The van der Waals surface area contributed by atoms with Gasteiger partial charge in [-0.25, -0.2) is 5.06 Å². The third-order valence-electron chi connectivity index (χ3n) is 2.79. The molecule has 1 aromatic carbocycles. The van der Waals surface area contributed by atoms with Crippen LogP contribution in [-0.2, 0) is 16.1 Å². The highest BCUT2D eigenvalue weighted by Crippen LogP contribution is 2.21. The number of furan rings is 1. The lowest BCUT2D eigenvalue weighted by atomic mass is 10.1. The number of rotatable bonds is 4. The highest BCUT2D eigenvalue weighted by Gasteiger charge is 2.10. The highest BCUT2D eigenvalue weighted by molar-refractivity contribution is 5.81. The third kappa shape index (κ3) is 2.47. The zero-order valence-corrected chi connectivity index (χ0v) is 9.97. The number of hydrogen-bond donors (Lipinski definition) is 0. The molecule has 2 rings (SSSR count). The summed E-state index contributed by atoms with van der Waals surface area (Å²) in [5, 5.41) is 2.30. The SMILES string of the molecule is CON(C)C(=O)CCc1cccc2ccoc12. The van der Waals surface area contributed by atoms with Crippen LogP contribution in [0.5, 0.6) is 0 Å². The normalized spacial score (nSPS) is 10.7. The van der Waals surface area contributed by atoms with Gasteiger partial charge in [-0.15, -0.1) is 0 Å². The second kappa shape index (κ2) is 5.01. The first-order chi connectivity index (χ1) is 8.22. The zero-order chi connectivity index (χ0) is 12.3. The van der Waals surface area contributed by atoms with E-state index in [4.69, 9.17) is 9.25 Å². The zero-order valence-electron chi connectivity index (χ0n) is 9.97. The minimum Gasteiger partial charge on any atom is -0.464 e. The summed E-state index contributed by atoms with van der Waals surface area (Å²) < 4.78 is 5.41. The number of hydroxylamine groups is 2. The van der Waals surface area contributed by atoms with Gasteiger partial charge in [-0.2, -0.15) is 0 Å². The van der Waals surface area contributed by atoms with Crippen LogP contribution in [0.4, 0.5) is 0 Å². The number of aryl methyl sites for hydroxylation is 1. The van der Waals surface area contributed by atoms with Crippen molar-refractivity contribution >= 4 is 16.9 Å². The lowest BCUT2D eigenvalue weighted by molar-refractivity contribution is -0.168. The number of nitrogens with zero attached hydrogens (tertiary/aromatic N) is 1. The van der Waals surface area contributed by atoms with E-state index in [1.807, 2.05) is 24.3 Å². The fraction of sp³-hybridized carbons (Fsp3) is 0.308. The molecule has 4 heteroatoms. The Morgan fingerprint density at radius 2 is 2.24 bits per heavy atom. The van der Waals surface area contributed by atoms with Crippen LogP contribution in [0.2, 0.25) is 0 Å². The van der Waals surface area contributed by atoms with Gasteiger partial charge in [0.1, 0.15) is 5.58 Å². The van der Waals surface area contributed by atoms with Crippen molar-refractivity contribution in [2.75, 3.05) is 14.2 Å². The Labute approximate surface area is 99.7 Å². The van der Waals surface area contributed by atoms with Crippen molar-refractivity contribution in [1.29, 1.82) is 0 Å². The van der Waals surface area contributed by atoms with Crippen LogP contribution in [0, 0.1) is 0 Å². The van der Waals surface area contributed by atoms with Crippen LogP contribution < -0.4 is 0 Å². The van der Waals surface area contributed by atoms with E-state index in [1.54, 1.807) is 13.3 Å². The number of carbonyl (C=O) groups is 1. The van der Waals surface area contributed by atoms with Crippen molar-refractivity contribution in [2.24, 2.45) is 0 Å². The molecule has 0 fully saturated rings. The minimum atomic E-state index is -0.0453. The van der Waals surface area contributed by atoms with Gasteiger partial charge in [-0.3, -0.25) is 9.63 Å². The lowest BCUT2D eigenvalue weighted by Crippen LogP contribution is -2.25. The van der Waals surface area contributed by atoms with Gasteiger partial charge in [-0.05, 0) is 18.1 Å². The molecule has 0 bridgehead atoms. The predicted octanol–water partition coefficient (Wildman–Crippen LogP) is 2.39. The summed E-state index contributed by atoms with van der Waals surface area (Å²) in [6.45, 7) is 0. The van der Waals surface area contributed by atoms with Crippen molar-refractivity contribution in [1.82, 2.24) is 5.06 Å². The second-order valence-electron chi connectivity index (χ2n) is 3.83. The fourth-order valence-electron chi connectivity index (χ4n) is 1.75. The number of fused-ring (bicyclic) bond motifs is 1. The van der Waals surface area contributed by atoms with Crippen molar-refractivity contribution in [3.63, 3.8) is 0 Å². The second-order valence-corrected chi connectivity index (χ2v) is 3.83. The molecule has 1 aromatic heterocycles. The van der Waals surface area contributed by atoms with Crippen molar-refractivity contribution in [2.45, 2.75) is 12.8 Å². The Balaban J connectivity index is 2.09. The predicted molar refractivity (Wildman–Crippen MR) is 64.3 cm³/mol. The molecule has 0 radical (unpaired) electrons. The van der Waals surface area contributed by atoms with E-state index < -0.39 is 0 Å². The van der Waals surface area contributed by atoms with E-state index in [9.17, 15) is 4.79 Å². The van der Waals surface area contributed by atoms with E-state index in [2.05, 4.69) is 0 Å². The maximum Gasteiger partial charge on any atom is 0.246 e. The molecule has 1 heterocycles. The Bertz CT molecular complexity index is 518. The molecular formula is C13H15NO3. The smallest absolute Gasteiger partial charge is 0.246 e. The Kier molecular flexibility index (Phi) is 3.44. The number of benzene rings is 1. The molecule has 4 nitrogen and oxygen atoms in total. The van der Waals surface area contributed by atoms with Gasteiger partial charge < -0.3 is 4.42 Å². The van der Waals surface area contributed by atoms with Crippen LogP contribution in [0.3, 0.4) is 0 Å². The summed E-state index contributed by atoms with van der Waals surface area (Å²) in [5.74, 6) is -0.0453. The van der Waals surface area contributed by atoms with Gasteiger partial charge in [-0.1, -0.05) is 18.2 Å². The summed E-state index contributed by atoms with van der Waals surface area (Å²) in [5.41, 5.74) is 1.91. The maximum atomic E-state index is 11.6. The summed E-state index contributed by atoms with van der Waals surface area (Å²) in [6.07, 6.45) is 2.72.